The zero-order valence-electron chi connectivity index (χ0n) is 6.81. The molecule has 0 radical (unpaired) electrons. The first-order chi connectivity index (χ1) is 5.97. The highest BCUT2D eigenvalue weighted by Gasteiger charge is 2.09. The van der Waals surface area contributed by atoms with Gasteiger partial charge in [-0.1, -0.05) is 6.58 Å². The SMILES string of the molecule is C=C/C(OC(=O)O)=C(\C)OC(=O)O. The molecule has 0 saturated carbocycles. The summed E-state index contributed by atoms with van der Waals surface area (Å²) >= 11 is 0. The fourth-order valence-electron chi connectivity index (χ4n) is 0.533. The monoisotopic (exact) mass is 188 g/mol. The van der Waals surface area contributed by atoms with Gasteiger partial charge in [0.1, 0.15) is 0 Å². The molecule has 0 heterocycles. The van der Waals surface area contributed by atoms with E-state index in [2.05, 4.69) is 16.1 Å². The summed E-state index contributed by atoms with van der Waals surface area (Å²) in [6.45, 7) is 4.47. The molecule has 0 amide bonds. The van der Waals surface area contributed by atoms with Crippen LogP contribution in [0.2, 0.25) is 0 Å². The average Bonchev–Trinajstić information content (AvgIpc) is 1.98. The molecule has 0 aromatic carbocycles. The van der Waals surface area contributed by atoms with E-state index in [-0.39, 0.29) is 11.5 Å². The van der Waals surface area contributed by atoms with Gasteiger partial charge in [0, 0.05) is 0 Å². The van der Waals surface area contributed by atoms with Gasteiger partial charge in [-0.05, 0) is 13.0 Å². The number of allylic oxidation sites excluding steroid dienone is 2. The number of ether oxygens (including phenoxy) is 2. The summed E-state index contributed by atoms with van der Waals surface area (Å²) in [5.41, 5.74) is 0. The van der Waals surface area contributed by atoms with Crippen molar-refractivity contribution < 1.29 is 29.3 Å². The lowest BCUT2D eigenvalue weighted by Gasteiger charge is -2.04. The third-order valence-electron chi connectivity index (χ3n) is 0.970. The van der Waals surface area contributed by atoms with Crippen molar-refractivity contribution in [1.82, 2.24) is 0 Å². The number of hydrogen-bond acceptors (Lipinski definition) is 4. The second kappa shape index (κ2) is 4.81. The second-order valence-electron chi connectivity index (χ2n) is 1.86. The van der Waals surface area contributed by atoms with Crippen LogP contribution in [0.1, 0.15) is 6.92 Å². The molecular formula is C7H8O6. The predicted molar refractivity (Wildman–Crippen MR) is 41.1 cm³/mol. The van der Waals surface area contributed by atoms with Crippen molar-refractivity contribution in [3.8, 4) is 0 Å². The third-order valence-corrected chi connectivity index (χ3v) is 0.970. The Morgan fingerprint density at radius 1 is 1.23 bits per heavy atom. The lowest BCUT2D eigenvalue weighted by molar-refractivity contribution is 0.100. The van der Waals surface area contributed by atoms with Crippen LogP contribution in [0.25, 0.3) is 0 Å². The van der Waals surface area contributed by atoms with Crippen LogP contribution in [0.15, 0.2) is 24.2 Å². The number of rotatable bonds is 3. The summed E-state index contributed by atoms with van der Waals surface area (Å²) in [6.07, 6.45) is -2.08. The molecule has 0 aromatic heterocycles. The Kier molecular flexibility index (Phi) is 4.08. The van der Waals surface area contributed by atoms with Crippen molar-refractivity contribution >= 4 is 12.3 Å². The largest absolute Gasteiger partial charge is 0.511 e. The van der Waals surface area contributed by atoms with E-state index in [0.717, 1.165) is 6.08 Å². The summed E-state index contributed by atoms with van der Waals surface area (Å²) < 4.78 is 8.29. The Morgan fingerprint density at radius 2 is 1.69 bits per heavy atom. The van der Waals surface area contributed by atoms with Crippen LogP contribution in [0.4, 0.5) is 9.59 Å². The van der Waals surface area contributed by atoms with Crippen LogP contribution in [-0.2, 0) is 9.47 Å². The van der Waals surface area contributed by atoms with Gasteiger partial charge in [-0.3, -0.25) is 0 Å². The molecule has 72 valence electrons. The van der Waals surface area contributed by atoms with Gasteiger partial charge in [-0.2, -0.15) is 0 Å². The van der Waals surface area contributed by atoms with Crippen LogP contribution < -0.4 is 0 Å². The first-order valence-electron chi connectivity index (χ1n) is 3.12. The molecule has 0 atom stereocenters. The summed E-state index contributed by atoms with van der Waals surface area (Å²) in [5.74, 6) is -0.445. The minimum atomic E-state index is -1.57. The fourth-order valence-corrected chi connectivity index (χ4v) is 0.533. The Labute approximate surface area is 73.7 Å². The molecule has 0 fully saturated rings. The molecule has 0 spiro atoms. The zero-order chi connectivity index (χ0) is 10.4. The highest BCUT2D eigenvalue weighted by molar-refractivity contribution is 5.61. The highest BCUT2D eigenvalue weighted by Crippen LogP contribution is 2.08. The van der Waals surface area contributed by atoms with Crippen molar-refractivity contribution in [2.75, 3.05) is 0 Å². The van der Waals surface area contributed by atoms with Crippen molar-refractivity contribution in [3.05, 3.63) is 24.2 Å². The topological polar surface area (TPSA) is 93.1 Å². The van der Waals surface area contributed by atoms with E-state index < -0.39 is 12.3 Å². The normalized spacial score (nSPS) is 11.2. The van der Waals surface area contributed by atoms with Gasteiger partial charge in [0.25, 0.3) is 0 Å². The van der Waals surface area contributed by atoms with Crippen LogP contribution in [0.5, 0.6) is 0 Å². The minimum absolute atomic E-state index is 0.190. The van der Waals surface area contributed by atoms with E-state index in [1.54, 1.807) is 0 Å². The van der Waals surface area contributed by atoms with Gasteiger partial charge < -0.3 is 19.7 Å². The molecule has 0 aliphatic rings. The molecular weight excluding hydrogens is 180 g/mol. The number of carbonyl (C=O) groups is 2. The third kappa shape index (κ3) is 4.46. The minimum Gasteiger partial charge on any atom is -0.449 e. The first kappa shape index (κ1) is 11.0. The Bertz CT molecular complexity index is 264. The van der Waals surface area contributed by atoms with E-state index in [4.69, 9.17) is 10.2 Å². The molecule has 6 nitrogen and oxygen atoms in total. The molecule has 0 rings (SSSR count). The van der Waals surface area contributed by atoms with E-state index in [9.17, 15) is 9.59 Å². The maximum absolute atomic E-state index is 10.1. The number of hydrogen-bond donors (Lipinski definition) is 2. The summed E-state index contributed by atoms with van der Waals surface area (Å²) in [7, 11) is 0. The van der Waals surface area contributed by atoms with Crippen LogP contribution in [0, 0.1) is 0 Å². The predicted octanol–water partition coefficient (Wildman–Crippen LogP) is 1.79. The quantitative estimate of drug-likeness (QED) is 0.398. The second-order valence-corrected chi connectivity index (χ2v) is 1.86. The van der Waals surface area contributed by atoms with Crippen LogP contribution in [-0.4, -0.2) is 22.5 Å². The van der Waals surface area contributed by atoms with Gasteiger partial charge in [-0.15, -0.1) is 0 Å². The van der Waals surface area contributed by atoms with Crippen LogP contribution >= 0.6 is 0 Å². The standard InChI is InChI=1S/C7H8O6/c1-3-5(13-7(10)11)4(2)12-6(8)9/h3H,1H2,2H3,(H,8,9)(H,10,11)/b5-4-. The zero-order valence-corrected chi connectivity index (χ0v) is 6.81. The Morgan fingerprint density at radius 3 is 2.00 bits per heavy atom. The maximum atomic E-state index is 10.1. The molecule has 0 aliphatic carbocycles. The maximum Gasteiger partial charge on any atom is 0.511 e. The lowest BCUT2D eigenvalue weighted by atomic mass is 10.4. The van der Waals surface area contributed by atoms with E-state index >= 15 is 0 Å². The smallest absolute Gasteiger partial charge is 0.449 e. The van der Waals surface area contributed by atoms with Crippen molar-refractivity contribution in [1.29, 1.82) is 0 Å². The van der Waals surface area contributed by atoms with E-state index in [1.165, 1.54) is 6.92 Å². The van der Waals surface area contributed by atoms with Gasteiger partial charge >= 0.3 is 12.3 Å². The molecule has 0 aromatic rings. The van der Waals surface area contributed by atoms with E-state index in [1.807, 2.05) is 0 Å². The molecule has 0 aliphatic heterocycles. The summed E-state index contributed by atoms with van der Waals surface area (Å²) in [4.78, 5) is 20.1. The average molecular weight is 188 g/mol. The lowest BCUT2D eigenvalue weighted by Crippen LogP contribution is -2.05. The molecule has 0 unspecified atom stereocenters. The Balaban J connectivity index is 4.57. The Hall–Kier alpha value is -1.98. The van der Waals surface area contributed by atoms with Crippen molar-refractivity contribution in [3.63, 3.8) is 0 Å². The molecule has 0 bridgehead atoms. The van der Waals surface area contributed by atoms with Gasteiger partial charge in [0.05, 0.1) is 0 Å². The fraction of sp³-hybridized carbons (Fsp3) is 0.143. The van der Waals surface area contributed by atoms with Gasteiger partial charge in [0.2, 0.25) is 0 Å². The first-order valence-corrected chi connectivity index (χ1v) is 3.12. The summed E-state index contributed by atoms with van der Waals surface area (Å²) in [5, 5.41) is 16.4. The molecule has 2 N–H and O–H groups in total. The van der Waals surface area contributed by atoms with Crippen molar-refractivity contribution in [2.24, 2.45) is 0 Å². The highest BCUT2D eigenvalue weighted by atomic mass is 16.7. The van der Waals surface area contributed by atoms with Crippen molar-refractivity contribution in [2.45, 2.75) is 6.92 Å². The molecule has 13 heavy (non-hydrogen) atoms. The molecule has 6 heteroatoms. The number of carboxylic acid groups (broad SMARTS) is 2. The van der Waals surface area contributed by atoms with E-state index in [0.29, 0.717) is 0 Å². The van der Waals surface area contributed by atoms with Gasteiger partial charge in [-0.25, -0.2) is 9.59 Å². The summed E-state index contributed by atoms with van der Waals surface area (Å²) in [6, 6.07) is 0. The van der Waals surface area contributed by atoms with Gasteiger partial charge in [0.15, 0.2) is 11.5 Å². The van der Waals surface area contributed by atoms with Crippen LogP contribution in [0.3, 0.4) is 0 Å². The molecule has 0 saturated heterocycles.